The third-order valence-corrected chi connectivity index (χ3v) is 3.49. The van der Waals surface area contributed by atoms with Crippen LogP contribution in [0.1, 0.15) is 35.0 Å². The summed E-state index contributed by atoms with van der Waals surface area (Å²) in [4.78, 5) is 12.0. The van der Waals surface area contributed by atoms with Crippen LogP contribution in [0.15, 0.2) is 44.5 Å². The standard InChI is InChI=1S/C15H15BrN2O3/c1-3-13(12-8-10(16)4-5-14(12)19)17-18-15(20)11-6-7-21-9(11)2/h4-8,19H,3H2,1-2H3,(H,18,20)/b17-13+. The molecule has 0 atom stereocenters. The number of hydrazone groups is 1. The van der Waals surface area contributed by atoms with E-state index in [1.54, 1.807) is 31.2 Å². The Balaban J connectivity index is 2.23. The highest BCUT2D eigenvalue weighted by Crippen LogP contribution is 2.23. The number of carbonyl (C=O) groups excluding carboxylic acids is 1. The molecular weight excluding hydrogens is 336 g/mol. The minimum Gasteiger partial charge on any atom is -0.507 e. The highest BCUT2D eigenvalue weighted by Gasteiger charge is 2.12. The number of benzene rings is 1. The molecule has 2 aromatic rings. The molecule has 0 saturated carbocycles. The van der Waals surface area contributed by atoms with Gasteiger partial charge in [-0.05, 0) is 37.6 Å². The van der Waals surface area contributed by atoms with E-state index in [2.05, 4.69) is 26.5 Å². The fourth-order valence-electron chi connectivity index (χ4n) is 1.87. The van der Waals surface area contributed by atoms with Gasteiger partial charge in [-0.2, -0.15) is 5.10 Å². The number of furan rings is 1. The molecule has 1 aromatic heterocycles. The molecule has 6 heteroatoms. The summed E-state index contributed by atoms with van der Waals surface area (Å²) in [5.74, 6) is 0.306. The van der Waals surface area contributed by atoms with Crippen LogP contribution in [0.25, 0.3) is 0 Å². The van der Waals surface area contributed by atoms with Crippen molar-refractivity contribution in [3.05, 3.63) is 51.9 Å². The zero-order valence-electron chi connectivity index (χ0n) is 11.7. The van der Waals surface area contributed by atoms with Gasteiger partial charge in [0.15, 0.2) is 0 Å². The lowest BCUT2D eigenvalue weighted by atomic mass is 10.1. The zero-order valence-corrected chi connectivity index (χ0v) is 13.3. The molecule has 0 spiro atoms. The van der Waals surface area contributed by atoms with Gasteiger partial charge in [-0.1, -0.05) is 22.9 Å². The van der Waals surface area contributed by atoms with Crippen molar-refractivity contribution in [1.29, 1.82) is 0 Å². The number of nitrogens with one attached hydrogen (secondary N) is 1. The lowest BCUT2D eigenvalue weighted by Gasteiger charge is -2.07. The van der Waals surface area contributed by atoms with Gasteiger partial charge < -0.3 is 9.52 Å². The number of hydrogen-bond acceptors (Lipinski definition) is 4. The van der Waals surface area contributed by atoms with Crippen molar-refractivity contribution in [1.82, 2.24) is 5.43 Å². The van der Waals surface area contributed by atoms with Gasteiger partial charge in [0.2, 0.25) is 0 Å². The molecule has 1 heterocycles. The van der Waals surface area contributed by atoms with E-state index in [9.17, 15) is 9.90 Å². The predicted octanol–water partition coefficient (Wildman–Crippen LogP) is 3.60. The number of hydrogen-bond donors (Lipinski definition) is 2. The van der Waals surface area contributed by atoms with Gasteiger partial charge >= 0.3 is 0 Å². The molecule has 0 saturated heterocycles. The van der Waals surface area contributed by atoms with Crippen LogP contribution in [-0.2, 0) is 0 Å². The van der Waals surface area contributed by atoms with Crippen molar-refractivity contribution in [2.75, 3.05) is 0 Å². The number of aromatic hydroxyl groups is 1. The number of nitrogens with zero attached hydrogens (tertiary/aromatic N) is 1. The predicted molar refractivity (Wildman–Crippen MR) is 83.5 cm³/mol. The van der Waals surface area contributed by atoms with Gasteiger partial charge in [-0.25, -0.2) is 5.43 Å². The van der Waals surface area contributed by atoms with Gasteiger partial charge in [-0.3, -0.25) is 4.79 Å². The first-order chi connectivity index (χ1) is 10.0. The third kappa shape index (κ3) is 3.52. The Hall–Kier alpha value is -2.08. The molecule has 1 aromatic carbocycles. The molecule has 0 aliphatic heterocycles. The fourth-order valence-corrected chi connectivity index (χ4v) is 2.23. The molecule has 0 radical (unpaired) electrons. The summed E-state index contributed by atoms with van der Waals surface area (Å²) in [5, 5.41) is 14.0. The van der Waals surface area contributed by atoms with Crippen molar-refractivity contribution in [2.24, 2.45) is 5.10 Å². The highest BCUT2D eigenvalue weighted by atomic mass is 79.9. The zero-order chi connectivity index (χ0) is 15.4. The Bertz CT molecular complexity index is 692. The van der Waals surface area contributed by atoms with Gasteiger partial charge in [-0.15, -0.1) is 0 Å². The van der Waals surface area contributed by atoms with Crippen LogP contribution in [0.5, 0.6) is 5.75 Å². The molecule has 2 rings (SSSR count). The normalized spacial score (nSPS) is 11.5. The topological polar surface area (TPSA) is 74.8 Å². The Kier molecular flexibility index (Phi) is 4.80. The second-order valence-corrected chi connectivity index (χ2v) is 5.32. The van der Waals surface area contributed by atoms with Crippen LogP contribution in [0, 0.1) is 6.92 Å². The average Bonchev–Trinajstić information content (AvgIpc) is 2.89. The van der Waals surface area contributed by atoms with Crippen molar-refractivity contribution >= 4 is 27.5 Å². The highest BCUT2D eigenvalue weighted by molar-refractivity contribution is 9.10. The maximum Gasteiger partial charge on any atom is 0.274 e. The van der Waals surface area contributed by atoms with Crippen LogP contribution >= 0.6 is 15.9 Å². The van der Waals surface area contributed by atoms with E-state index >= 15 is 0 Å². The van der Waals surface area contributed by atoms with Crippen molar-refractivity contribution in [3.63, 3.8) is 0 Å². The van der Waals surface area contributed by atoms with E-state index in [1.807, 2.05) is 6.92 Å². The first-order valence-electron chi connectivity index (χ1n) is 6.42. The smallest absolute Gasteiger partial charge is 0.274 e. The molecular formula is C15H15BrN2O3. The minimum atomic E-state index is -0.346. The largest absolute Gasteiger partial charge is 0.507 e. The molecule has 1 amide bonds. The van der Waals surface area contributed by atoms with Crippen molar-refractivity contribution in [3.8, 4) is 5.75 Å². The van der Waals surface area contributed by atoms with Gasteiger partial charge in [0, 0.05) is 10.0 Å². The molecule has 0 unspecified atom stereocenters. The molecule has 110 valence electrons. The summed E-state index contributed by atoms with van der Waals surface area (Å²) < 4.78 is 5.91. The number of aryl methyl sites for hydroxylation is 1. The quantitative estimate of drug-likeness (QED) is 0.653. The maximum atomic E-state index is 12.0. The van der Waals surface area contributed by atoms with E-state index in [4.69, 9.17) is 4.42 Å². The molecule has 0 fully saturated rings. The van der Waals surface area contributed by atoms with Crippen molar-refractivity contribution < 1.29 is 14.3 Å². The fraction of sp³-hybridized carbons (Fsp3) is 0.200. The number of rotatable bonds is 4. The summed E-state index contributed by atoms with van der Waals surface area (Å²) in [5.41, 5.74) is 4.09. The second-order valence-electron chi connectivity index (χ2n) is 4.40. The Labute approximate surface area is 130 Å². The molecule has 5 nitrogen and oxygen atoms in total. The number of halogens is 1. The van der Waals surface area contributed by atoms with Gasteiger partial charge in [0.1, 0.15) is 11.5 Å². The lowest BCUT2D eigenvalue weighted by molar-refractivity contribution is 0.0953. The summed E-state index contributed by atoms with van der Waals surface area (Å²) >= 11 is 3.35. The monoisotopic (exact) mass is 350 g/mol. The number of phenols is 1. The van der Waals surface area contributed by atoms with Crippen LogP contribution in [0.2, 0.25) is 0 Å². The van der Waals surface area contributed by atoms with Gasteiger partial charge in [0.25, 0.3) is 5.91 Å². The van der Waals surface area contributed by atoms with Crippen LogP contribution in [0.4, 0.5) is 0 Å². The minimum absolute atomic E-state index is 0.118. The first kappa shape index (κ1) is 15.3. The van der Waals surface area contributed by atoms with E-state index in [0.717, 1.165) is 4.47 Å². The number of amides is 1. The Morgan fingerprint density at radius 3 is 2.76 bits per heavy atom. The van der Waals surface area contributed by atoms with E-state index in [-0.39, 0.29) is 11.7 Å². The molecule has 21 heavy (non-hydrogen) atoms. The SMILES string of the molecule is CC/C(=N\NC(=O)c1ccoc1C)c1cc(Br)ccc1O. The van der Waals surface area contributed by atoms with E-state index < -0.39 is 0 Å². The molecule has 2 N–H and O–H groups in total. The van der Waals surface area contributed by atoms with Crippen LogP contribution < -0.4 is 5.43 Å². The summed E-state index contributed by atoms with van der Waals surface area (Å²) in [6, 6.07) is 6.65. The Morgan fingerprint density at radius 1 is 1.38 bits per heavy atom. The van der Waals surface area contributed by atoms with E-state index in [1.165, 1.54) is 6.26 Å². The molecule has 0 aliphatic carbocycles. The first-order valence-corrected chi connectivity index (χ1v) is 7.22. The lowest BCUT2D eigenvalue weighted by Crippen LogP contribution is -2.20. The Morgan fingerprint density at radius 2 is 2.14 bits per heavy atom. The summed E-state index contributed by atoms with van der Waals surface area (Å²) in [7, 11) is 0. The number of phenolic OH excluding ortho intramolecular Hbond substituents is 1. The molecule has 0 aliphatic rings. The van der Waals surface area contributed by atoms with Crippen LogP contribution in [-0.4, -0.2) is 16.7 Å². The maximum absolute atomic E-state index is 12.0. The molecule has 0 bridgehead atoms. The average molecular weight is 351 g/mol. The van der Waals surface area contributed by atoms with E-state index in [0.29, 0.717) is 29.0 Å². The summed E-state index contributed by atoms with van der Waals surface area (Å²) in [6.45, 7) is 3.61. The van der Waals surface area contributed by atoms with Gasteiger partial charge in [0.05, 0.1) is 17.5 Å². The third-order valence-electron chi connectivity index (χ3n) is 3.00. The second kappa shape index (κ2) is 6.58. The number of carbonyl (C=O) groups is 1. The van der Waals surface area contributed by atoms with Crippen LogP contribution in [0.3, 0.4) is 0 Å². The van der Waals surface area contributed by atoms with Crippen molar-refractivity contribution in [2.45, 2.75) is 20.3 Å². The summed E-state index contributed by atoms with van der Waals surface area (Å²) in [6.07, 6.45) is 2.02.